The number of benzene rings is 2. The molecule has 0 atom stereocenters. The van der Waals surface area contributed by atoms with E-state index in [0.29, 0.717) is 0 Å². The number of carbonyl (C=O) groups is 2. The summed E-state index contributed by atoms with van der Waals surface area (Å²) in [5.41, 5.74) is 4.27. The molecule has 1 heterocycles. The first-order chi connectivity index (χ1) is 13.1. The van der Waals surface area contributed by atoms with Crippen molar-refractivity contribution in [2.75, 3.05) is 11.9 Å². The van der Waals surface area contributed by atoms with Gasteiger partial charge in [-0.3, -0.25) is 5.32 Å². The average molecular weight is 363 g/mol. The Labute approximate surface area is 155 Å². The van der Waals surface area contributed by atoms with Crippen molar-refractivity contribution in [3.05, 3.63) is 71.7 Å². The Kier molecular flexibility index (Phi) is 4.12. The van der Waals surface area contributed by atoms with E-state index in [-0.39, 0.29) is 24.0 Å². The lowest BCUT2D eigenvalue weighted by atomic mass is 9.98. The molecule has 3 aromatic rings. The van der Waals surface area contributed by atoms with Crippen molar-refractivity contribution < 1.29 is 19.4 Å². The highest BCUT2D eigenvalue weighted by Crippen LogP contribution is 2.44. The lowest BCUT2D eigenvalue weighted by Gasteiger charge is -2.14. The topological polar surface area (TPSA) is 93.5 Å². The van der Waals surface area contributed by atoms with E-state index in [4.69, 9.17) is 9.84 Å². The van der Waals surface area contributed by atoms with Crippen molar-refractivity contribution in [3.8, 4) is 11.1 Å². The molecule has 0 fully saturated rings. The molecule has 7 nitrogen and oxygen atoms in total. The number of anilines is 1. The van der Waals surface area contributed by atoms with Crippen LogP contribution < -0.4 is 5.32 Å². The minimum atomic E-state index is -1.22. The summed E-state index contributed by atoms with van der Waals surface area (Å²) in [6.45, 7) is 0.153. The molecule has 27 heavy (non-hydrogen) atoms. The molecule has 0 bridgehead atoms. The second-order valence-electron chi connectivity index (χ2n) is 6.31. The number of ether oxygens (including phenoxy) is 1. The molecule has 2 aromatic carbocycles. The predicted molar refractivity (Wildman–Crippen MR) is 98.9 cm³/mol. The lowest BCUT2D eigenvalue weighted by Crippen LogP contribution is -2.20. The fourth-order valence-corrected chi connectivity index (χ4v) is 3.47. The molecule has 136 valence electrons. The number of hydrogen-bond acceptors (Lipinski definition) is 4. The van der Waals surface area contributed by atoms with Crippen molar-refractivity contribution >= 4 is 17.9 Å². The summed E-state index contributed by atoms with van der Waals surface area (Å²) in [6.07, 6.45) is 0.602. The van der Waals surface area contributed by atoms with Gasteiger partial charge in [0.15, 0.2) is 5.69 Å². The fourth-order valence-electron chi connectivity index (χ4n) is 3.47. The van der Waals surface area contributed by atoms with Crippen LogP contribution in [0.25, 0.3) is 11.1 Å². The largest absolute Gasteiger partial charge is 0.476 e. The number of carboxylic acids is 1. The normalized spacial score (nSPS) is 12.3. The molecule has 2 N–H and O–H groups in total. The van der Waals surface area contributed by atoms with Crippen molar-refractivity contribution in [1.29, 1.82) is 0 Å². The molecule has 4 rings (SSSR count). The number of imidazole rings is 1. The Morgan fingerprint density at radius 1 is 1.11 bits per heavy atom. The van der Waals surface area contributed by atoms with Crippen LogP contribution in [0.5, 0.6) is 0 Å². The van der Waals surface area contributed by atoms with Crippen molar-refractivity contribution in [1.82, 2.24) is 9.55 Å². The molecule has 0 aliphatic heterocycles. The number of fused-ring (bicyclic) bond motifs is 3. The van der Waals surface area contributed by atoms with Crippen LogP contribution in [0.2, 0.25) is 0 Å². The number of amides is 1. The van der Waals surface area contributed by atoms with Crippen molar-refractivity contribution in [3.63, 3.8) is 0 Å². The van der Waals surface area contributed by atoms with Crippen LogP contribution in [-0.4, -0.2) is 33.3 Å². The van der Waals surface area contributed by atoms with E-state index in [9.17, 15) is 9.59 Å². The minimum Gasteiger partial charge on any atom is -0.476 e. The zero-order chi connectivity index (χ0) is 19.0. The quantitative estimate of drug-likeness (QED) is 0.740. The van der Waals surface area contributed by atoms with Crippen molar-refractivity contribution in [2.45, 2.75) is 5.92 Å². The van der Waals surface area contributed by atoms with E-state index in [2.05, 4.69) is 22.4 Å². The third kappa shape index (κ3) is 2.93. The Hall–Kier alpha value is -3.61. The van der Waals surface area contributed by atoms with Gasteiger partial charge in [0.05, 0.1) is 6.33 Å². The van der Waals surface area contributed by atoms with Crippen molar-refractivity contribution in [2.24, 2.45) is 7.05 Å². The van der Waals surface area contributed by atoms with Crippen LogP contribution in [0, 0.1) is 0 Å². The van der Waals surface area contributed by atoms with E-state index in [0.717, 1.165) is 22.3 Å². The highest BCUT2D eigenvalue weighted by atomic mass is 16.5. The Bertz CT molecular complexity index is 996. The summed E-state index contributed by atoms with van der Waals surface area (Å²) in [7, 11) is 1.60. The third-order valence-electron chi connectivity index (χ3n) is 4.70. The van der Waals surface area contributed by atoms with Crippen LogP contribution in [-0.2, 0) is 11.8 Å². The van der Waals surface area contributed by atoms with Crippen LogP contribution in [0.1, 0.15) is 27.5 Å². The van der Waals surface area contributed by atoms with E-state index < -0.39 is 12.1 Å². The molecule has 0 saturated heterocycles. The summed E-state index contributed by atoms with van der Waals surface area (Å²) in [5.74, 6) is -1.20. The van der Waals surface area contributed by atoms with E-state index in [1.54, 1.807) is 7.05 Å². The SMILES string of the molecule is Cn1cnc(C(=O)O)c1NC(=O)OCC1c2ccccc2-c2ccccc21. The lowest BCUT2D eigenvalue weighted by molar-refractivity contribution is 0.0692. The van der Waals surface area contributed by atoms with E-state index in [1.807, 2.05) is 36.4 Å². The number of carbonyl (C=O) groups excluding carboxylic acids is 1. The third-order valence-corrected chi connectivity index (χ3v) is 4.70. The monoisotopic (exact) mass is 363 g/mol. The molecule has 1 aliphatic carbocycles. The van der Waals surface area contributed by atoms with Gasteiger partial charge in [0.1, 0.15) is 12.4 Å². The van der Waals surface area contributed by atoms with Gasteiger partial charge in [0, 0.05) is 13.0 Å². The van der Waals surface area contributed by atoms with Crippen LogP contribution >= 0.6 is 0 Å². The zero-order valence-electron chi connectivity index (χ0n) is 14.5. The second-order valence-corrected chi connectivity index (χ2v) is 6.31. The number of rotatable bonds is 4. The van der Waals surface area contributed by atoms with Gasteiger partial charge in [0.2, 0.25) is 0 Å². The predicted octanol–water partition coefficient (Wildman–Crippen LogP) is 3.48. The van der Waals surface area contributed by atoms with Crippen LogP contribution in [0.3, 0.4) is 0 Å². The molecule has 0 spiro atoms. The zero-order valence-corrected chi connectivity index (χ0v) is 14.5. The van der Waals surface area contributed by atoms with Gasteiger partial charge in [0.25, 0.3) is 0 Å². The highest BCUT2D eigenvalue weighted by molar-refractivity contribution is 5.96. The highest BCUT2D eigenvalue weighted by Gasteiger charge is 2.29. The maximum Gasteiger partial charge on any atom is 0.412 e. The number of nitrogens with one attached hydrogen (secondary N) is 1. The van der Waals surface area contributed by atoms with Gasteiger partial charge < -0.3 is 14.4 Å². The Balaban J connectivity index is 1.52. The Morgan fingerprint density at radius 3 is 2.30 bits per heavy atom. The smallest absolute Gasteiger partial charge is 0.412 e. The first-order valence-electron chi connectivity index (χ1n) is 8.43. The van der Waals surface area contributed by atoms with Crippen LogP contribution in [0.15, 0.2) is 54.9 Å². The summed E-state index contributed by atoms with van der Waals surface area (Å²) >= 11 is 0. The Morgan fingerprint density at radius 2 is 1.70 bits per heavy atom. The molecular weight excluding hydrogens is 346 g/mol. The standard InChI is InChI=1S/C20H17N3O4/c1-23-11-21-17(19(24)25)18(23)22-20(26)27-10-16-14-8-4-2-6-12(14)13-7-3-5-9-15(13)16/h2-9,11,16H,10H2,1H3,(H,22,26)(H,24,25). The summed E-state index contributed by atoms with van der Waals surface area (Å²) in [4.78, 5) is 27.2. The van der Waals surface area contributed by atoms with E-state index in [1.165, 1.54) is 10.9 Å². The molecule has 1 aliphatic rings. The van der Waals surface area contributed by atoms with Gasteiger partial charge in [-0.25, -0.2) is 14.6 Å². The van der Waals surface area contributed by atoms with Gasteiger partial charge >= 0.3 is 12.1 Å². The fraction of sp³-hybridized carbons (Fsp3) is 0.150. The first-order valence-corrected chi connectivity index (χ1v) is 8.43. The number of nitrogens with zero attached hydrogens (tertiary/aromatic N) is 2. The van der Waals surface area contributed by atoms with E-state index >= 15 is 0 Å². The maximum atomic E-state index is 12.3. The summed E-state index contributed by atoms with van der Waals surface area (Å²) in [5, 5.41) is 11.6. The molecular formula is C20H17N3O4. The van der Waals surface area contributed by atoms with Gasteiger partial charge in [-0.2, -0.15) is 0 Å². The number of hydrogen-bond donors (Lipinski definition) is 2. The summed E-state index contributed by atoms with van der Waals surface area (Å²) in [6, 6.07) is 16.1. The number of carboxylic acid groups (broad SMARTS) is 1. The average Bonchev–Trinajstić information content (AvgIpc) is 3.19. The first kappa shape index (κ1) is 16.8. The summed E-state index contributed by atoms with van der Waals surface area (Å²) < 4.78 is 6.84. The molecule has 0 radical (unpaired) electrons. The minimum absolute atomic E-state index is 0.0615. The van der Waals surface area contributed by atoms with Gasteiger partial charge in [-0.05, 0) is 22.3 Å². The molecule has 0 saturated carbocycles. The number of aryl methyl sites for hydroxylation is 1. The maximum absolute atomic E-state index is 12.3. The van der Waals surface area contributed by atoms with Gasteiger partial charge in [-0.1, -0.05) is 48.5 Å². The number of aromatic nitrogens is 2. The second kappa shape index (κ2) is 6.60. The van der Waals surface area contributed by atoms with Crippen LogP contribution in [0.4, 0.5) is 10.6 Å². The molecule has 1 aromatic heterocycles. The molecule has 0 unspecified atom stereocenters. The molecule has 1 amide bonds. The number of aromatic carboxylic acids is 1. The molecule has 7 heteroatoms. The van der Waals surface area contributed by atoms with Gasteiger partial charge in [-0.15, -0.1) is 0 Å².